The van der Waals surface area contributed by atoms with Crippen molar-refractivity contribution in [3.8, 4) is 0 Å². The first-order chi connectivity index (χ1) is 4.04. The molecule has 0 fully saturated rings. The van der Waals surface area contributed by atoms with Crippen LogP contribution in [0.2, 0.25) is 0 Å². The van der Waals surface area contributed by atoms with Crippen LogP contribution in [-0.2, 0) is 0 Å². The first kappa shape index (κ1) is 12.4. The summed E-state index contributed by atoms with van der Waals surface area (Å²) in [5.74, 6) is -0.101. The number of hydrogen-bond donors (Lipinski definition) is 4. The molecule has 0 aliphatic carbocycles. The fourth-order valence-electron chi connectivity index (χ4n) is 0.239. The summed E-state index contributed by atoms with van der Waals surface area (Å²) < 4.78 is 0. The van der Waals surface area contributed by atoms with E-state index in [1.807, 2.05) is 0 Å². The van der Waals surface area contributed by atoms with Crippen LogP contribution in [0.1, 0.15) is 0 Å². The van der Waals surface area contributed by atoms with Crippen LogP contribution in [0, 0.1) is 10.8 Å². The Bertz CT molecular complexity index is 132. The maximum absolute atomic E-state index is 7.07. The number of nitrogens with one attached hydrogen (secondary N) is 3. The van der Waals surface area contributed by atoms with Gasteiger partial charge in [-0.05, 0) is 0 Å². The minimum absolute atomic E-state index is 0. The van der Waals surface area contributed by atoms with Crippen molar-refractivity contribution in [2.45, 2.75) is 0 Å². The molecule has 0 spiro atoms. The molecule has 0 saturated carbocycles. The van der Waals surface area contributed by atoms with Crippen LogP contribution in [0.3, 0.4) is 0 Å². The molecule has 0 radical (unpaired) electrons. The number of nitrogens with two attached hydrogens (primary N) is 1. The molecule has 0 amide bonds. The normalized spacial score (nSPS) is 7.40. The molecule has 0 atom stereocenters. The summed E-state index contributed by atoms with van der Waals surface area (Å²) in [6, 6.07) is 0. The van der Waals surface area contributed by atoms with Crippen molar-refractivity contribution in [2.24, 2.45) is 5.73 Å². The fraction of sp³-hybridized carbons (Fsp3) is 0.500. The van der Waals surface area contributed by atoms with Gasteiger partial charge in [-0.2, -0.15) is 0 Å². The molecule has 0 rings (SSSR count). The molecule has 0 heterocycles. The molecule has 0 unspecified atom stereocenters. The average molecular weight is 153 g/mol. The summed E-state index contributed by atoms with van der Waals surface area (Å²) in [4.78, 5) is 1.52. The van der Waals surface area contributed by atoms with Gasteiger partial charge < -0.3 is 10.6 Å². The summed E-state index contributed by atoms with van der Waals surface area (Å²) in [5.41, 5.74) is 4.94. The fourth-order valence-corrected chi connectivity index (χ4v) is 0.239. The molecule has 54 valence electrons. The molecule has 0 saturated heterocycles. The Hall–Kier alpha value is -0.260. The number of hydrogen-bond acceptors (Lipinski definition) is 2. The van der Waals surface area contributed by atoms with Crippen molar-refractivity contribution in [1.29, 1.82) is 10.8 Å². The molecule has 0 aromatic carbocycles. The molecule has 5 nitrogen and oxygen atoms in total. The predicted octanol–water partition coefficient (Wildman–Crippen LogP) is -1.68. The standard InChI is InChI=1S/C4H11N5.Na.H/c1-9(2)4(7)8-3(5)6;;/h1-2H3,(H5,5,6,7,8);;. The summed E-state index contributed by atoms with van der Waals surface area (Å²) in [5, 5.41) is 16.1. The third kappa shape index (κ3) is 5.87. The van der Waals surface area contributed by atoms with Gasteiger partial charge in [0.25, 0.3) is 0 Å². The molecule has 0 aromatic heterocycles. The van der Waals surface area contributed by atoms with E-state index in [4.69, 9.17) is 16.6 Å². The van der Waals surface area contributed by atoms with Crippen molar-refractivity contribution in [1.82, 2.24) is 10.2 Å². The Morgan fingerprint density at radius 1 is 1.40 bits per heavy atom. The zero-order valence-electron chi connectivity index (χ0n) is 5.52. The molecule has 0 aliphatic rings. The van der Waals surface area contributed by atoms with Gasteiger partial charge >= 0.3 is 29.6 Å². The van der Waals surface area contributed by atoms with Crippen LogP contribution in [0.4, 0.5) is 0 Å². The van der Waals surface area contributed by atoms with Crippen molar-refractivity contribution >= 4 is 41.5 Å². The molecule has 6 heteroatoms. The Kier molecular flexibility index (Phi) is 6.85. The zero-order chi connectivity index (χ0) is 7.44. The van der Waals surface area contributed by atoms with Gasteiger partial charge in [0.1, 0.15) is 0 Å². The maximum atomic E-state index is 7.07. The Balaban J connectivity index is 0. The Labute approximate surface area is 82.3 Å². The van der Waals surface area contributed by atoms with E-state index in [0.29, 0.717) is 0 Å². The first-order valence-electron chi connectivity index (χ1n) is 2.41. The SMILES string of the molecule is CN(C)C(=N)NC(=N)N.[NaH]. The third-order valence-electron chi connectivity index (χ3n) is 0.700. The van der Waals surface area contributed by atoms with E-state index in [1.54, 1.807) is 14.1 Å². The summed E-state index contributed by atoms with van der Waals surface area (Å²) in [6.45, 7) is 0. The van der Waals surface area contributed by atoms with Gasteiger partial charge in [0.15, 0.2) is 11.9 Å². The van der Waals surface area contributed by atoms with Crippen LogP contribution in [0.15, 0.2) is 0 Å². The predicted molar refractivity (Wildman–Crippen MR) is 43.6 cm³/mol. The van der Waals surface area contributed by atoms with Crippen LogP contribution in [-0.4, -0.2) is 60.5 Å². The van der Waals surface area contributed by atoms with Gasteiger partial charge in [-0.15, -0.1) is 0 Å². The van der Waals surface area contributed by atoms with E-state index in [1.165, 1.54) is 4.90 Å². The zero-order valence-corrected chi connectivity index (χ0v) is 5.52. The molecular formula is C4H12N5Na. The van der Waals surface area contributed by atoms with E-state index in [-0.39, 0.29) is 41.5 Å². The van der Waals surface area contributed by atoms with Gasteiger partial charge in [-0.3, -0.25) is 16.1 Å². The topological polar surface area (TPSA) is 89.0 Å². The second kappa shape index (κ2) is 5.52. The van der Waals surface area contributed by atoms with E-state index >= 15 is 0 Å². The number of rotatable bonds is 0. The second-order valence-corrected chi connectivity index (χ2v) is 1.78. The van der Waals surface area contributed by atoms with Gasteiger partial charge in [0.2, 0.25) is 0 Å². The number of nitrogens with zero attached hydrogens (tertiary/aromatic N) is 1. The van der Waals surface area contributed by atoms with Crippen molar-refractivity contribution in [3.05, 3.63) is 0 Å². The van der Waals surface area contributed by atoms with Crippen molar-refractivity contribution in [3.63, 3.8) is 0 Å². The van der Waals surface area contributed by atoms with E-state index < -0.39 is 0 Å². The van der Waals surface area contributed by atoms with E-state index in [0.717, 1.165) is 0 Å². The van der Waals surface area contributed by atoms with Gasteiger partial charge in [0, 0.05) is 14.1 Å². The van der Waals surface area contributed by atoms with Crippen molar-refractivity contribution in [2.75, 3.05) is 14.1 Å². The van der Waals surface area contributed by atoms with Crippen LogP contribution in [0.5, 0.6) is 0 Å². The molecule has 0 bridgehead atoms. The van der Waals surface area contributed by atoms with Crippen LogP contribution in [0.25, 0.3) is 0 Å². The quantitative estimate of drug-likeness (QED) is 0.190. The van der Waals surface area contributed by atoms with Gasteiger partial charge in [0.05, 0.1) is 0 Å². The summed E-state index contributed by atoms with van der Waals surface area (Å²) in [6.07, 6.45) is 0. The molecule has 0 aliphatic heterocycles. The van der Waals surface area contributed by atoms with Gasteiger partial charge in [-0.1, -0.05) is 0 Å². The average Bonchev–Trinajstić information content (AvgIpc) is 1.63. The van der Waals surface area contributed by atoms with Crippen molar-refractivity contribution < 1.29 is 0 Å². The summed E-state index contributed by atoms with van der Waals surface area (Å²) in [7, 11) is 3.39. The van der Waals surface area contributed by atoms with Gasteiger partial charge in [-0.25, -0.2) is 0 Å². The second-order valence-electron chi connectivity index (χ2n) is 1.78. The third-order valence-corrected chi connectivity index (χ3v) is 0.700. The molecule has 5 N–H and O–H groups in total. The van der Waals surface area contributed by atoms with Crippen LogP contribution >= 0.6 is 0 Å². The number of guanidine groups is 2. The van der Waals surface area contributed by atoms with Crippen LogP contribution < -0.4 is 11.1 Å². The molecule has 0 aromatic rings. The Morgan fingerprint density at radius 2 is 1.80 bits per heavy atom. The van der Waals surface area contributed by atoms with E-state index in [2.05, 4.69) is 5.32 Å². The summed E-state index contributed by atoms with van der Waals surface area (Å²) >= 11 is 0. The first-order valence-corrected chi connectivity index (χ1v) is 2.41. The monoisotopic (exact) mass is 153 g/mol. The Morgan fingerprint density at radius 3 is 1.90 bits per heavy atom. The molecule has 10 heavy (non-hydrogen) atoms. The van der Waals surface area contributed by atoms with E-state index in [9.17, 15) is 0 Å². The minimum atomic E-state index is -0.214. The molecular weight excluding hydrogens is 141 g/mol.